The van der Waals surface area contributed by atoms with Crippen molar-refractivity contribution in [2.75, 3.05) is 32.5 Å². The highest BCUT2D eigenvalue weighted by atomic mass is 35.5. The molecule has 0 saturated carbocycles. The van der Waals surface area contributed by atoms with Crippen LogP contribution in [-0.4, -0.2) is 37.2 Å². The van der Waals surface area contributed by atoms with Crippen molar-refractivity contribution in [2.24, 2.45) is 0 Å². The maximum atomic E-state index is 4.78. The third-order valence-corrected chi connectivity index (χ3v) is 3.31. The topological polar surface area (TPSA) is 37.8 Å². The minimum atomic E-state index is 0. The second-order valence-electron chi connectivity index (χ2n) is 5.07. The van der Waals surface area contributed by atoms with Crippen LogP contribution in [0.4, 0.5) is 11.6 Å². The number of fused-ring (bicyclic) bond motifs is 2. The van der Waals surface area contributed by atoms with Gasteiger partial charge in [-0.3, -0.25) is 4.48 Å². The van der Waals surface area contributed by atoms with Gasteiger partial charge in [0.15, 0.2) is 0 Å². The predicted molar refractivity (Wildman–Crippen MR) is 71.2 cm³/mol. The van der Waals surface area contributed by atoms with Gasteiger partial charge in [-0.2, -0.15) is 4.98 Å². The Morgan fingerprint density at radius 2 is 1.78 bits per heavy atom. The summed E-state index contributed by atoms with van der Waals surface area (Å²) in [4.78, 5) is 9.46. The van der Waals surface area contributed by atoms with Gasteiger partial charge in [0, 0.05) is 13.0 Å². The van der Waals surface area contributed by atoms with Gasteiger partial charge in [0.1, 0.15) is 0 Å². The lowest BCUT2D eigenvalue weighted by Gasteiger charge is -2.26. The van der Waals surface area contributed by atoms with E-state index >= 15 is 0 Å². The standard InChI is InChI=1S/C13H17N4.ClH/c1-17(2)9-5-8-14-12-13(17)16-11-7-4-3-6-10(11)15-12;/h3-4,6-7H,5,8-9H2,1-2H3,(H,14,15);1H/q+1;/p-1. The maximum Gasteiger partial charge on any atom is 0.271 e. The van der Waals surface area contributed by atoms with Crippen LogP contribution in [0.2, 0.25) is 0 Å². The van der Waals surface area contributed by atoms with Gasteiger partial charge in [0.05, 0.1) is 31.7 Å². The van der Waals surface area contributed by atoms with Crippen LogP contribution in [0.25, 0.3) is 11.0 Å². The van der Waals surface area contributed by atoms with Crippen molar-refractivity contribution in [3.05, 3.63) is 24.3 Å². The Hall–Kier alpha value is -1.39. The number of nitrogens with zero attached hydrogens (tertiary/aromatic N) is 3. The number of rotatable bonds is 0. The van der Waals surface area contributed by atoms with Crippen molar-refractivity contribution in [3.8, 4) is 0 Å². The Labute approximate surface area is 113 Å². The van der Waals surface area contributed by atoms with Crippen molar-refractivity contribution in [1.82, 2.24) is 14.5 Å². The number of halogens is 1. The molecule has 3 rings (SSSR count). The summed E-state index contributed by atoms with van der Waals surface area (Å²) in [5.74, 6) is 1.98. The minimum absolute atomic E-state index is 0. The summed E-state index contributed by atoms with van der Waals surface area (Å²) in [6.07, 6.45) is 1.14. The molecule has 18 heavy (non-hydrogen) atoms. The summed E-state index contributed by atoms with van der Waals surface area (Å²) >= 11 is 0. The highest BCUT2D eigenvalue weighted by molar-refractivity contribution is 5.79. The molecular formula is C13H17ClN4. The third-order valence-electron chi connectivity index (χ3n) is 3.31. The monoisotopic (exact) mass is 264 g/mol. The molecular weight excluding hydrogens is 248 g/mol. The SMILES string of the molecule is C[N+]1(C)CCCNc2nc3ccccc3nc21.[Cl-]. The van der Waals surface area contributed by atoms with E-state index in [1.807, 2.05) is 24.3 Å². The molecule has 0 radical (unpaired) electrons. The molecule has 1 aromatic carbocycles. The molecule has 1 aliphatic rings. The Morgan fingerprint density at radius 3 is 2.50 bits per heavy atom. The van der Waals surface area contributed by atoms with E-state index in [0.717, 1.165) is 46.7 Å². The molecule has 0 saturated heterocycles. The number of hydrogen-bond acceptors (Lipinski definition) is 3. The normalized spacial score (nSPS) is 17.2. The number of anilines is 1. The number of aromatic nitrogens is 2. The maximum absolute atomic E-state index is 4.78. The van der Waals surface area contributed by atoms with Crippen molar-refractivity contribution in [1.29, 1.82) is 0 Å². The third kappa shape index (κ3) is 2.13. The fourth-order valence-corrected chi connectivity index (χ4v) is 2.32. The largest absolute Gasteiger partial charge is 1.00 e. The van der Waals surface area contributed by atoms with Gasteiger partial charge < -0.3 is 17.7 Å². The number of hydrogen-bond donors (Lipinski definition) is 1. The summed E-state index contributed by atoms with van der Waals surface area (Å²) in [5.41, 5.74) is 1.93. The molecule has 0 spiro atoms. The summed E-state index contributed by atoms with van der Waals surface area (Å²) in [6.45, 7) is 2.06. The van der Waals surface area contributed by atoms with Crippen molar-refractivity contribution in [3.63, 3.8) is 0 Å². The predicted octanol–water partition coefficient (Wildman–Crippen LogP) is -0.984. The Bertz CT molecular complexity index is 568. The summed E-state index contributed by atoms with van der Waals surface area (Å²) in [7, 11) is 4.38. The van der Waals surface area contributed by atoms with Crippen LogP contribution >= 0.6 is 0 Å². The molecule has 2 heterocycles. The molecule has 1 aliphatic heterocycles. The zero-order chi connectivity index (χ0) is 11.9. The molecule has 2 aromatic rings. The minimum Gasteiger partial charge on any atom is -1.00 e. The molecule has 0 unspecified atom stereocenters. The van der Waals surface area contributed by atoms with Gasteiger partial charge >= 0.3 is 0 Å². The lowest BCUT2D eigenvalue weighted by atomic mass is 10.3. The van der Waals surface area contributed by atoms with E-state index in [1.165, 1.54) is 0 Å². The lowest BCUT2D eigenvalue weighted by Crippen LogP contribution is -3.00. The molecule has 1 N–H and O–H groups in total. The van der Waals surface area contributed by atoms with Gasteiger partial charge in [-0.05, 0) is 12.1 Å². The van der Waals surface area contributed by atoms with Gasteiger partial charge in [0.25, 0.3) is 5.82 Å². The first-order valence-electron chi connectivity index (χ1n) is 6.01. The molecule has 0 amide bonds. The van der Waals surface area contributed by atoms with Crippen LogP contribution < -0.4 is 22.2 Å². The smallest absolute Gasteiger partial charge is 0.271 e. The van der Waals surface area contributed by atoms with E-state index in [2.05, 4.69) is 24.4 Å². The lowest BCUT2D eigenvalue weighted by molar-refractivity contribution is -0.00000372. The Morgan fingerprint density at radius 1 is 1.11 bits per heavy atom. The molecule has 0 aliphatic carbocycles. The zero-order valence-corrected chi connectivity index (χ0v) is 11.4. The number of quaternary nitrogens is 1. The molecule has 5 heteroatoms. The average molecular weight is 265 g/mol. The number of benzene rings is 1. The van der Waals surface area contributed by atoms with Gasteiger partial charge in [-0.1, -0.05) is 12.1 Å². The molecule has 1 aromatic heterocycles. The average Bonchev–Trinajstić information content (AvgIpc) is 2.46. The van der Waals surface area contributed by atoms with E-state index in [4.69, 9.17) is 4.98 Å². The molecule has 4 nitrogen and oxygen atoms in total. The fraction of sp³-hybridized carbons (Fsp3) is 0.385. The first kappa shape index (κ1) is 13.1. The van der Waals surface area contributed by atoms with Crippen LogP contribution in [-0.2, 0) is 0 Å². The summed E-state index contributed by atoms with van der Waals surface area (Å²) in [5, 5.41) is 3.38. The highest BCUT2D eigenvalue weighted by Gasteiger charge is 2.28. The quantitative estimate of drug-likeness (QED) is 0.622. The first-order valence-corrected chi connectivity index (χ1v) is 6.01. The van der Waals surface area contributed by atoms with Crippen LogP contribution in [0.15, 0.2) is 24.3 Å². The van der Waals surface area contributed by atoms with E-state index in [-0.39, 0.29) is 12.4 Å². The fourth-order valence-electron chi connectivity index (χ4n) is 2.32. The Balaban J connectivity index is 0.00000120. The summed E-state index contributed by atoms with van der Waals surface area (Å²) in [6, 6.07) is 8.04. The second kappa shape index (κ2) is 4.71. The van der Waals surface area contributed by atoms with Crippen LogP contribution in [0.3, 0.4) is 0 Å². The Kier molecular flexibility index (Phi) is 3.41. The number of para-hydroxylation sites is 2. The van der Waals surface area contributed by atoms with E-state index in [9.17, 15) is 0 Å². The van der Waals surface area contributed by atoms with Crippen molar-refractivity contribution < 1.29 is 12.4 Å². The molecule has 0 atom stereocenters. The summed E-state index contributed by atoms with van der Waals surface area (Å²) < 4.78 is 0.792. The number of nitrogens with one attached hydrogen (secondary N) is 1. The van der Waals surface area contributed by atoms with E-state index in [0.29, 0.717) is 0 Å². The van der Waals surface area contributed by atoms with Crippen LogP contribution in [0, 0.1) is 0 Å². The van der Waals surface area contributed by atoms with Gasteiger partial charge in [0.2, 0.25) is 5.82 Å². The molecule has 0 bridgehead atoms. The highest BCUT2D eigenvalue weighted by Crippen LogP contribution is 2.29. The van der Waals surface area contributed by atoms with Gasteiger partial charge in [-0.15, -0.1) is 0 Å². The molecule has 96 valence electrons. The van der Waals surface area contributed by atoms with E-state index < -0.39 is 0 Å². The molecule has 0 fully saturated rings. The first-order chi connectivity index (χ1) is 8.17. The second-order valence-corrected chi connectivity index (χ2v) is 5.07. The van der Waals surface area contributed by atoms with Gasteiger partial charge in [-0.25, -0.2) is 4.98 Å². The van der Waals surface area contributed by atoms with Crippen LogP contribution in [0.1, 0.15) is 6.42 Å². The van der Waals surface area contributed by atoms with E-state index in [1.54, 1.807) is 0 Å². The van der Waals surface area contributed by atoms with Crippen molar-refractivity contribution in [2.45, 2.75) is 6.42 Å². The van der Waals surface area contributed by atoms with Crippen LogP contribution in [0.5, 0.6) is 0 Å². The van der Waals surface area contributed by atoms with Crippen molar-refractivity contribution >= 4 is 22.7 Å². The zero-order valence-electron chi connectivity index (χ0n) is 10.7.